The van der Waals surface area contributed by atoms with Gasteiger partial charge in [0.15, 0.2) is 5.65 Å². The summed E-state index contributed by atoms with van der Waals surface area (Å²) in [6.45, 7) is 8.09. The highest BCUT2D eigenvalue weighted by Crippen LogP contribution is 2.24. The van der Waals surface area contributed by atoms with Crippen LogP contribution in [0.15, 0.2) is 47.5 Å². The molecule has 1 aromatic carbocycles. The SMILES string of the molecule is Cc1cc2nccc(NS(=O)(=O)c3ccc(C(C)(C)C)cc3)n2n1. The molecule has 2 aromatic heterocycles. The zero-order valence-electron chi connectivity index (χ0n) is 14.1. The fourth-order valence-electron chi connectivity index (χ4n) is 2.42. The van der Waals surface area contributed by atoms with Crippen LogP contribution in [0.3, 0.4) is 0 Å². The lowest BCUT2D eigenvalue weighted by Gasteiger charge is -2.19. The van der Waals surface area contributed by atoms with Crippen molar-refractivity contribution < 1.29 is 8.42 Å². The summed E-state index contributed by atoms with van der Waals surface area (Å²) in [5, 5.41) is 4.26. The monoisotopic (exact) mass is 344 g/mol. The van der Waals surface area contributed by atoms with E-state index in [1.807, 2.05) is 19.1 Å². The Hall–Kier alpha value is -2.41. The number of fused-ring (bicyclic) bond motifs is 1. The fraction of sp³-hybridized carbons (Fsp3) is 0.294. The Kier molecular flexibility index (Phi) is 3.83. The van der Waals surface area contributed by atoms with Gasteiger partial charge in [0.2, 0.25) is 0 Å². The minimum absolute atomic E-state index is 0.0282. The van der Waals surface area contributed by atoms with Crippen molar-refractivity contribution >= 4 is 21.5 Å². The maximum absolute atomic E-state index is 12.6. The molecule has 1 N–H and O–H groups in total. The zero-order chi connectivity index (χ0) is 17.5. The predicted octanol–water partition coefficient (Wildman–Crippen LogP) is 3.14. The summed E-state index contributed by atoms with van der Waals surface area (Å²) in [4.78, 5) is 4.38. The van der Waals surface area contributed by atoms with Gasteiger partial charge in [-0.05, 0) is 36.1 Å². The Bertz CT molecular complexity index is 984. The number of nitrogens with zero attached hydrogens (tertiary/aromatic N) is 3. The number of nitrogens with one attached hydrogen (secondary N) is 1. The van der Waals surface area contributed by atoms with Gasteiger partial charge >= 0.3 is 0 Å². The van der Waals surface area contributed by atoms with Crippen LogP contribution in [0.1, 0.15) is 32.0 Å². The van der Waals surface area contributed by atoms with Crippen LogP contribution in [0.4, 0.5) is 5.82 Å². The van der Waals surface area contributed by atoms with Crippen LogP contribution >= 0.6 is 0 Å². The maximum atomic E-state index is 12.6. The van der Waals surface area contributed by atoms with Crippen molar-refractivity contribution in [1.29, 1.82) is 0 Å². The smallest absolute Gasteiger partial charge is 0.263 e. The summed E-state index contributed by atoms with van der Waals surface area (Å²) in [5.41, 5.74) is 2.41. The van der Waals surface area contributed by atoms with E-state index in [1.54, 1.807) is 30.5 Å². The lowest BCUT2D eigenvalue weighted by Crippen LogP contribution is -2.16. The van der Waals surface area contributed by atoms with E-state index in [9.17, 15) is 8.42 Å². The van der Waals surface area contributed by atoms with E-state index < -0.39 is 10.0 Å². The van der Waals surface area contributed by atoms with Crippen molar-refractivity contribution in [3.05, 3.63) is 53.9 Å². The third kappa shape index (κ3) is 3.12. The summed E-state index contributed by atoms with van der Waals surface area (Å²) >= 11 is 0. The molecule has 0 amide bonds. The molecule has 0 aliphatic carbocycles. The molecule has 24 heavy (non-hydrogen) atoms. The van der Waals surface area contributed by atoms with Gasteiger partial charge in [-0.2, -0.15) is 9.61 Å². The van der Waals surface area contributed by atoms with Crippen molar-refractivity contribution in [1.82, 2.24) is 14.6 Å². The first-order chi connectivity index (χ1) is 11.2. The van der Waals surface area contributed by atoms with Gasteiger partial charge in [-0.3, -0.25) is 4.72 Å². The molecule has 0 atom stereocenters. The van der Waals surface area contributed by atoms with E-state index >= 15 is 0 Å². The molecule has 0 aliphatic heterocycles. The van der Waals surface area contributed by atoms with Crippen molar-refractivity contribution in [2.75, 3.05) is 4.72 Å². The first kappa shape index (κ1) is 16.4. The van der Waals surface area contributed by atoms with Gasteiger partial charge in [0.05, 0.1) is 10.6 Å². The van der Waals surface area contributed by atoms with Gasteiger partial charge in [-0.25, -0.2) is 13.4 Å². The lowest BCUT2D eigenvalue weighted by molar-refractivity contribution is 0.587. The Morgan fingerprint density at radius 3 is 2.38 bits per heavy atom. The van der Waals surface area contributed by atoms with Crippen molar-refractivity contribution in [2.24, 2.45) is 0 Å². The molecule has 3 rings (SSSR count). The average molecular weight is 344 g/mol. The van der Waals surface area contributed by atoms with E-state index in [0.29, 0.717) is 11.5 Å². The fourth-order valence-corrected chi connectivity index (χ4v) is 3.46. The average Bonchev–Trinajstić information content (AvgIpc) is 2.88. The molecule has 0 spiro atoms. The van der Waals surface area contributed by atoms with Crippen LogP contribution < -0.4 is 4.72 Å². The summed E-state index contributed by atoms with van der Waals surface area (Å²) in [7, 11) is -3.70. The van der Waals surface area contributed by atoms with Gasteiger partial charge in [0, 0.05) is 12.3 Å². The second-order valence-electron chi connectivity index (χ2n) is 6.77. The number of aryl methyl sites for hydroxylation is 1. The number of sulfonamides is 1. The molecule has 0 aliphatic rings. The second-order valence-corrected chi connectivity index (χ2v) is 8.45. The van der Waals surface area contributed by atoms with E-state index in [0.717, 1.165) is 11.3 Å². The number of benzene rings is 1. The zero-order valence-corrected chi connectivity index (χ0v) is 14.9. The molecule has 0 radical (unpaired) electrons. The third-order valence-corrected chi connectivity index (χ3v) is 5.12. The predicted molar refractivity (Wildman–Crippen MR) is 93.7 cm³/mol. The normalized spacial score (nSPS) is 12.5. The Morgan fingerprint density at radius 2 is 1.75 bits per heavy atom. The van der Waals surface area contributed by atoms with Gasteiger partial charge < -0.3 is 0 Å². The van der Waals surface area contributed by atoms with Gasteiger partial charge in [0.1, 0.15) is 5.82 Å². The minimum Gasteiger partial charge on any atom is -0.263 e. The molecule has 0 saturated carbocycles. The highest BCUT2D eigenvalue weighted by molar-refractivity contribution is 7.92. The molecule has 2 heterocycles. The van der Waals surface area contributed by atoms with Crippen LogP contribution in [0, 0.1) is 6.92 Å². The largest absolute Gasteiger partial charge is 0.263 e. The first-order valence-electron chi connectivity index (χ1n) is 7.61. The summed E-state index contributed by atoms with van der Waals surface area (Å²) in [6, 6.07) is 10.3. The van der Waals surface area contributed by atoms with Crippen molar-refractivity contribution in [3.8, 4) is 0 Å². The number of aromatic nitrogens is 3. The quantitative estimate of drug-likeness (QED) is 0.792. The van der Waals surface area contributed by atoms with Crippen molar-refractivity contribution in [2.45, 2.75) is 38.0 Å². The van der Waals surface area contributed by atoms with Gasteiger partial charge in [-0.1, -0.05) is 32.9 Å². The summed E-state index contributed by atoms with van der Waals surface area (Å²) in [5.74, 6) is 0.355. The number of anilines is 1. The lowest BCUT2D eigenvalue weighted by atomic mass is 9.87. The Morgan fingerprint density at radius 1 is 1.08 bits per heavy atom. The summed E-state index contributed by atoms with van der Waals surface area (Å²) in [6.07, 6.45) is 1.55. The van der Waals surface area contributed by atoms with Crippen LogP contribution in [0.5, 0.6) is 0 Å². The van der Waals surface area contributed by atoms with E-state index in [4.69, 9.17) is 0 Å². The maximum Gasteiger partial charge on any atom is 0.263 e. The molecule has 0 bridgehead atoms. The molecule has 7 heteroatoms. The molecule has 3 aromatic rings. The van der Waals surface area contributed by atoms with Crippen molar-refractivity contribution in [3.63, 3.8) is 0 Å². The molecule has 126 valence electrons. The molecular formula is C17H20N4O2S. The topological polar surface area (TPSA) is 76.4 Å². The number of hydrogen-bond donors (Lipinski definition) is 1. The number of rotatable bonds is 3. The van der Waals surface area contributed by atoms with E-state index in [1.165, 1.54) is 4.52 Å². The Balaban J connectivity index is 1.96. The minimum atomic E-state index is -3.70. The van der Waals surface area contributed by atoms with Gasteiger partial charge in [0.25, 0.3) is 10.0 Å². The molecule has 0 unspecified atom stereocenters. The first-order valence-corrected chi connectivity index (χ1v) is 9.10. The molecule has 0 saturated heterocycles. The van der Waals surface area contributed by atoms with Gasteiger partial charge in [-0.15, -0.1) is 0 Å². The standard InChI is InChI=1S/C17H20N4O2S/c1-12-11-16-18-10-9-15(21(16)19-12)20-24(22,23)14-7-5-13(6-8-14)17(2,3)4/h5-11,20H,1-4H3. The highest BCUT2D eigenvalue weighted by atomic mass is 32.2. The van der Waals surface area contributed by atoms with Crippen LogP contribution in [-0.2, 0) is 15.4 Å². The van der Waals surface area contributed by atoms with Crippen LogP contribution in [0.2, 0.25) is 0 Å². The molecular weight excluding hydrogens is 324 g/mol. The highest BCUT2D eigenvalue weighted by Gasteiger charge is 2.19. The van der Waals surface area contributed by atoms with Crippen LogP contribution in [0.25, 0.3) is 5.65 Å². The number of hydrogen-bond acceptors (Lipinski definition) is 4. The summed E-state index contributed by atoms with van der Waals surface area (Å²) < 4.78 is 29.3. The third-order valence-electron chi connectivity index (χ3n) is 3.75. The molecule has 0 fully saturated rings. The Labute approximate surface area is 141 Å². The molecule has 6 nitrogen and oxygen atoms in total. The van der Waals surface area contributed by atoms with Crippen LogP contribution in [-0.4, -0.2) is 23.0 Å². The van der Waals surface area contributed by atoms with E-state index in [2.05, 4.69) is 35.6 Å². The second kappa shape index (κ2) is 5.59. The van der Waals surface area contributed by atoms with E-state index in [-0.39, 0.29) is 10.3 Å².